The Morgan fingerprint density at radius 2 is 1.25 bits per heavy atom. The normalized spacial score (nSPS) is 10.4. The Morgan fingerprint density at radius 3 is 1.62 bits per heavy atom. The minimum atomic E-state index is -0.300. The minimum absolute atomic E-state index is 0.300. The van der Waals surface area contributed by atoms with Crippen molar-refractivity contribution in [3.63, 3.8) is 0 Å². The molecular weight excluding hydrogens is 258 g/mol. The van der Waals surface area contributed by atoms with Crippen molar-refractivity contribution in [2.24, 2.45) is 0 Å². The molecule has 0 N–H and O–H groups in total. The van der Waals surface area contributed by atoms with E-state index in [1.165, 1.54) is 10.6 Å². The molecule has 0 aliphatic rings. The molecule has 0 fully saturated rings. The maximum absolute atomic E-state index is 4.73. The SMILES string of the molecule is [Ni]=[CH]CP(c1ccccc1)c1ccccc1. The Hall–Kier alpha value is -0.766. The molecule has 0 atom stereocenters. The zero-order valence-corrected chi connectivity index (χ0v) is 10.7. The van der Waals surface area contributed by atoms with Crippen molar-refractivity contribution < 1.29 is 15.0 Å². The van der Waals surface area contributed by atoms with Crippen LogP contribution in [0.4, 0.5) is 0 Å². The topological polar surface area (TPSA) is 0 Å². The number of hydrogen-bond donors (Lipinski definition) is 0. The van der Waals surface area contributed by atoms with Crippen molar-refractivity contribution in [3.05, 3.63) is 60.7 Å². The summed E-state index contributed by atoms with van der Waals surface area (Å²) in [4.78, 5) is 1.89. The Kier molecular flexibility index (Phi) is 4.46. The van der Waals surface area contributed by atoms with E-state index in [2.05, 4.69) is 60.7 Å². The monoisotopic (exact) mass is 270 g/mol. The van der Waals surface area contributed by atoms with E-state index >= 15 is 0 Å². The second kappa shape index (κ2) is 6.09. The summed E-state index contributed by atoms with van der Waals surface area (Å²) in [5.41, 5.74) is 0. The van der Waals surface area contributed by atoms with E-state index in [9.17, 15) is 0 Å². The van der Waals surface area contributed by atoms with Crippen LogP contribution in [-0.4, -0.2) is 11.2 Å². The van der Waals surface area contributed by atoms with Gasteiger partial charge in [-0.25, -0.2) is 0 Å². The molecule has 0 bridgehead atoms. The predicted octanol–water partition coefficient (Wildman–Crippen LogP) is 2.47. The quantitative estimate of drug-likeness (QED) is 0.592. The third kappa shape index (κ3) is 2.88. The molecule has 0 amide bonds. The van der Waals surface area contributed by atoms with E-state index < -0.39 is 0 Å². The van der Waals surface area contributed by atoms with E-state index in [0.717, 1.165) is 6.16 Å². The molecule has 2 aromatic rings. The fourth-order valence-electron chi connectivity index (χ4n) is 1.63. The molecule has 0 saturated heterocycles. The molecule has 84 valence electrons. The molecule has 0 aliphatic carbocycles. The molecule has 0 radical (unpaired) electrons. The average molecular weight is 271 g/mol. The Labute approximate surface area is 105 Å². The van der Waals surface area contributed by atoms with E-state index in [4.69, 9.17) is 15.0 Å². The molecule has 0 saturated carbocycles. The van der Waals surface area contributed by atoms with Crippen LogP contribution in [0.5, 0.6) is 0 Å². The second-order valence-electron chi connectivity index (χ2n) is 3.41. The maximum atomic E-state index is 4.73. The van der Waals surface area contributed by atoms with Gasteiger partial charge in [0, 0.05) is 0 Å². The molecule has 0 unspecified atom stereocenters. The zero-order valence-electron chi connectivity index (χ0n) is 8.82. The van der Waals surface area contributed by atoms with E-state index in [1.807, 2.05) is 4.99 Å². The first-order valence-corrected chi connectivity index (χ1v) is 7.27. The van der Waals surface area contributed by atoms with Crippen LogP contribution < -0.4 is 10.6 Å². The van der Waals surface area contributed by atoms with Gasteiger partial charge in [0.05, 0.1) is 0 Å². The second-order valence-corrected chi connectivity index (χ2v) is 6.07. The van der Waals surface area contributed by atoms with Gasteiger partial charge in [-0.1, -0.05) is 0 Å². The summed E-state index contributed by atoms with van der Waals surface area (Å²) in [7, 11) is -0.300. The van der Waals surface area contributed by atoms with Gasteiger partial charge in [-0.2, -0.15) is 0 Å². The molecule has 0 nitrogen and oxygen atoms in total. The van der Waals surface area contributed by atoms with Gasteiger partial charge in [0.2, 0.25) is 0 Å². The summed E-state index contributed by atoms with van der Waals surface area (Å²) in [6, 6.07) is 21.3. The van der Waals surface area contributed by atoms with Crippen LogP contribution in [0.1, 0.15) is 0 Å². The van der Waals surface area contributed by atoms with E-state index in [0.29, 0.717) is 0 Å². The summed E-state index contributed by atoms with van der Waals surface area (Å²) in [6.45, 7) is 0. The van der Waals surface area contributed by atoms with Crippen LogP contribution in [0.3, 0.4) is 0 Å². The fraction of sp³-hybridized carbons (Fsp3) is 0.0714. The molecule has 0 spiro atoms. The Bertz CT molecular complexity index is 399. The van der Waals surface area contributed by atoms with Gasteiger partial charge in [-0.15, -0.1) is 0 Å². The molecule has 0 heterocycles. The van der Waals surface area contributed by atoms with Crippen LogP contribution in [0.15, 0.2) is 60.7 Å². The van der Waals surface area contributed by atoms with Crippen LogP contribution in [0.2, 0.25) is 0 Å². The van der Waals surface area contributed by atoms with Crippen LogP contribution in [0, 0.1) is 0 Å². The van der Waals surface area contributed by atoms with Crippen molar-refractivity contribution in [2.75, 3.05) is 6.16 Å². The summed E-state index contributed by atoms with van der Waals surface area (Å²) in [5, 5.41) is 2.80. The van der Waals surface area contributed by atoms with Gasteiger partial charge >= 0.3 is 105 Å². The third-order valence-electron chi connectivity index (χ3n) is 2.38. The van der Waals surface area contributed by atoms with Crippen molar-refractivity contribution in [3.8, 4) is 0 Å². The fourth-order valence-corrected chi connectivity index (χ4v) is 4.07. The molecule has 16 heavy (non-hydrogen) atoms. The predicted molar refractivity (Wildman–Crippen MR) is 70.0 cm³/mol. The van der Waals surface area contributed by atoms with Crippen LogP contribution in [0.25, 0.3) is 0 Å². The summed E-state index contributed by atoms with van der Waals surface area (Å²) >= 11 is 4.73. The molecule has 2 rings (SSSR count). The zero-order chi connectivity index (χ0) is 11.2. The molecular formula is C14H13NiP. The van der Waals surface area contributed by atoms with Gasteiger partial charge in [0.25, 0.3) is 0 Å². The number of rotatable bonds is 4. The summed E-state index contributed by atoms with van der Waals surface area (Å²) in [6.07, 6.45) is 0.989. The first kappa shape index (κ1) is 11.7. The van der Waals surface area contributed by atoms with E-state index in [-0.39, 0.29) is 7.92 Å². The van der Waals surface area contributed by atoms with Crippen molar-refractivity contribution in [1.29, 1.82) is 0 Å². The van der Waals surface area contributed by atoms with E-state index in [1.54, 1.807) is 0 Å². The van der Waals surface area contributed by atoms with Crippen molar-refractivity contribution in [1.82, 2.24) is 0 Å². The third-order valence-corrected chi connectivity index (χ3v) is 5.24. The first-order chi connectivity index (χ1) is 7.92. The van der Waals surface area contributed by atoms with Gasteiger partial charge < -0.3 is 0 Å². The first-order valence-electron chi connectivity index (χ1n) is 5.18. The molecule has 2 aromatic carbocycles. The van der Waals surface area contributed by atoms with Gasteiger partial charge in [0.1, 0.15) is 0 Å². The van der Waals surface area contributed by atoms with Gasteiger partial charge in [-0.3, -0.25) is 0 Å². The number of benzene rings is 2. The van der Waals surface area contributed by atoms with Crippen LogP contribution >= 0.6 is 7.92 Å². The van der Waals surface area contributed by atoms with Crippen molar-refractivity contribution >= 4 is 23.5 Å². The standard InChI is InChI=1S/C14H13P.Ni/c1-2-15(13-9-5-3-6-10-13)14-11-7-4-8-12-14;/h1,3-12H,2H2;. The molecule has 0 aromatic heterocycles. The molecule has 0 aliphatic heterocycles. The van der Waals surface area contributed by atoms with Gasteiger partial charge in [0.15, 0.2) is 0 Å². The molecule has 2 heteroatoms. The van der Waals surface area contributed by atoms with Crippen molar-refractivity contribution in [2.45, 2.75) is 0 Å². The average Bonchev–Trinajstić information content (AvgIpc) is 2.38. The van der Waals surface area contributed by atoms with Gasteiger partial charge in [-0.05, 0) is 0 Å². The number of hydrogen-bond acceptors (Lipinski definition) is 0. The summed E-state index contributed by atoms with van der Waals surface area (Å²) < 4.78 is 0. The Balaban J connectivity index is 2.35. The Morgan fingerprint density at radius 1 is 0.812 bits per heavy atom. The summed E-state index contributed by atoms with van der Waals surface area (Å²) in [5.74, 6) is 0. The van der Waals surface area contributed by atoms with Crippen LogP contribution in [-0.2, 0) is 15.0 Å².